The Balaban J connectivity index is 3.67. The van der Waals surface area contributed by atoms with E-state index >= 15 is 0 Å². The first-order valence-electron chi connectivity index (χ1n) is 2.48. The molecule has 0 aliphatic heterocycles. The molecular formula is C6H9BrN2. The van der Waals surface area contributed by atoms with Crippen molar-refractivity contribution in [3.05, 3.63) is 22.8 Å². The molecule has 50 valence electrons. The van der Waals surface area contributed by atoms with E-state index in [0.29, 0.717) is 6.54 Å². The molecule has 0 bridgehead atoms. The lowest BCUT2D eigenvalue weighted by atomic mass is 10.5. The van der Waals surface area contributed by atoms with Crippen molar-refractivity contribution in [2.24, 2.45) is 10.7 Å². The van der Waals surface area contributed by atoms with Gasteiger partial charge >= 0.3 is 0 Å². The van der Waals surface area contributed by atoms with E-state index in [1.165, 1.54) is 0 Å². The molecule has 2 N–H and O–H groups in total. The van der Waals surface area contributed by atoms with Crippen LogP contribution in [0.4, 0.5) is 0 Å². The molecule has 0 saturated heterocycles. The summed E-state index contributed by atoms with van der Waals surface area (Å²) in [5, 5.41) is 0. The highest BCUT2D eigenvalue weighted by molar-refractivity contribution is 9.11. The first-order valence-corrected chi connectivity index (χ1v) is 3.27. The molecule has 3 heteroatoms. The van der Waals surface area contributed by atoms with Crippen LogP contribution in [0.1, 0.15) is 0 Å². The topological polar surface area (TPSA) is 38.4 Å². The van der Waals surface area contributed by atoms with E-state index in [1.807, 2.05) is 6.08 Å². The molecule has 0 heterocycles. The zero-order valence-electron chi connectivity index (χ0n) is 5.05. The third-order valence-corrected chi connectivity index (χ3v) is 1.25. The maximum absolute atomic E-state index is 5.26. The summed E-state index contributed by atoms with van der Waals surface area (Å²) < 4.78 is 0.947. The van der Waals surface area contributed by atoms with Gasteiger partial charge in [-0.05, 0) is 18.9 Å². The highest BCUT2D eigenvalue weighted by atomic mass is 79.9. The van der Waals surface area contributed by atoms with Gasteiger partial charge in [-0.1, -0.05) is 15.9 Å². The quantitative estimate of drug-likeness (QED) is 0.529. The second kappa shape index (κ2) is 5.72. The van der Waals surface area contributed by atoms with E-state index in [1.54, 1.807) is 12.3 Å². The van der Waals surface area contributed by atoms with Crippen molar-refractivity contribution < 1.29 is 0 Å². The molecular weight excluding hydrogens is 180 g/mol. The third kappa shape index (κ3) is 5.46. The molecule has 0 aromatic heterocycles. The number of nitrogens with zero attached hydrogens (tertiary/aromatic N) is 1. The van der Waals surface area contributed by atoms with Crippen molar-refractivity contribution in [3.8, 4) is 0 Å². The van der Waals surface area contributed by atoms with Crippen LogP contribution in [0.15, 0.2) is 27.8 Å². The largest absolute Gasteiger partial charge is 0.326 e. The van der Waals surface area contributed by atoms with Crippen LogP contribution in [0.5, 0.6) is 0 Å². The van der Waals surface area contributed by atoms with Crippen LogP contribution in [0.3, 0.4) is 0 Å². The number of allylic oxidation sites excluding steroid dienone is 2. The molecule has 0 saturated carbocycles. The van der Waals surface area contributed by atoms with Gasteiger partial charge in [0.1, 0.15) is 0 Å². The molecule has 0 radical (unpaired) electrons. The van der Waals surface area contributed by atoms with Gasteiger partial charge in [-0.3, -0.25) is 4.99 Å². The highest BCUT2D eigenvalue weighted by Gasteiger charge is 1.78. The Bertz CT molecular complexity index is 138. The summed E-state index contributed by atoms with van der Waals surface area (Å²) in [6, 6.07) is 0. The minimum atomic E-state index is 0.515. The van der Waals surface area contributed by atoms with E-state index in [0.717, 1.165) is 4.48 Å². The maximum Gasteiger partial charge on any atom is 0.0260 e. The average molecular weight is 189 g/mol. The summed E-state index contributed by atoms with van der Waals surface area (Å²) in [6.45, 7) is 3.79. The minimum Gasteiger partial charge on any atom is -0.326 e. The molecule has 0 unspecified atom stereocenters. The van der Waals surface area contributed by atoms with Crippen LogP contribution >= 0.6 is 15.9 Å². The van der Waals surface area contributed by atoms with Gasteiger partial charge in [-0.2, -0.15) is 0 Å². The number of hydrogen-bond donors (Lipinski definition) is 1. The molecule has 9 heavy (non-hydrogen) atoms. The minimum absolute atomic E-state index is 0.515. The normalized spacial score (nSPS) is 12.4. The molecule has 2 nitrogen and oxygen atoms in total. The standard InChI is InChI=1S/C6H9BrN2/c1-9-4-2-3-6(7)5-8/h2-4H,1,5,8H2/b4-2-,6-3+. The Morgan fingerprint density at radius 3 is 2.89 bits per heavy atom. The van der Waals surface area contributed by atoms with E-state index in [2.05, 4.69) is 27.6 Å². The van der Waals surface area contributed by atoms with Crippen molar-refractivity contribution in [2.75, 3.05) is 6.54 Å². The van der Waals surface area contributed by atoms with Gasteiger partial charge < -0.3 is 5.73 Å². The Morgan fingerprint density at radius 1 is 1.78 bits per heavy atom. The summed E-state index contributed by atoms with van der Waals surface area (Å²) >= 11 is 3.23. The van der Waals surface area contributed by atoms with Crippen molar-refractivity contribution in [1.82, 2.24) is 0 Å². The fourth-order valence-electron chi connectivity index (χ4n) is 0.276. The zero-order chi connectivity index (χ0) is 7.11. The summed E-state index contributed by atoms with van der Waals surface area (Å²) in [7, 11) is 0. The lowest BCUT2D eigenvalue weighted by Gasteiger charge is -1.85. The molecule has 0 atom stereocenters. The zero-order valence-corrected chi connectivity index (χ0v) is 6.63. The Morgan fingerprint density at radius 2 is 2.44 bits per heavy atom. The molecule has 0 aliphatic carbocycles. The Kier molecular flexibility index (Phi) is 5.46. The van der Waals surface area contributed by atoms with Gasteiger partial charge in [-0.25, -0.2) is 0 Å². The van der Waals surface area contributed by atoms with Gasteiger partial charge in [0.05, 0.1) is 0 Å². The third-order valence-electron chi connectivity index (χ3n) is 0.664. The first-order chi connectivity index (χ1) is 4.31. The predicted molar refractivity (Wildman–Crippen MR) is 44.8 cm³/mol. The summed E-state index contributed by atoms with van der Waals surface area (Å²) in [4.78, 5) is 3.51. The van der Waals surface area contributed by atoms with Gasteiger partial charge in [0.2, 0.25) is 0 Å². The van der Waals surface area contributed by atoms with Gasteiger partial charge in [0.25, 0.3) is 0 Å². The van der Waals surface area contributed by atoms with E-state index < -0.39 is 0 Å². The second-order valence-electron chi connectivity index (χ2n) is 1.34. The van der Waals surface area contributed by atoms with Crippen molar-refractivity contribution >= 4 is 22.6 Å². The van der Waals surface area contributed by atoms with E-state index in [9.17, 15) is 0 Å². The number of hydrogen-bond acceptors (Lipinski definition) is 2. The predicted octanol–water partition coefficient (Wildman–Crippen LogP) is 1.44. The molecule has 0 aliphatic rings. The fourth-order valence-corrected chi connectivity index (χ4v) is 0.429. The van der Waals surface area contributed by atoms with Gasteiger partial charge in [0, 0.05) is 17.2 Å². The SMILES string of the molecule is C=N/C=C\C=C(\Br)CN. The van der Waals surface area contributed by atoms with Crippen LogP contribution in [0.25, 0.3) is 0 Å². The van der Waals surface area contributed by atoms with Crippen molar-refractivity contribution in [2.45, 2.75) is 0 Å². The summed E-state index contributed by atoms with van der Waals surface area (Å²) in [6.07, 6.45) is 5.19. The number of rotatable bonds is 3. The van der Waals surface area contributed by atoms with Crippen molar-refractivity contribution in [1.29, 1.82) is 0 Å². The summed E-state index contributed by atoms with van der Waals surface area (Å²) in [5.74, 6) is 0. The summed E-state index contributed by atoms with van der Waals surface area (Å²) in [5.41, 5.74) is 5.26. The van der Waals surface area contributed by atoms with Gasteiger partial charge in [0.15, 0.2) is 0 Å². The van der Waals surface area contributed by atoms with E-state index in [4.69, 9.17) is 5.73 Å². The number of nitrogens with two attached hydrogens (primary N) is 1. The monoisotopic (exact) mass is 188 g/mol. The highest BCUT2D eigenvalue weighted by Crippen LogP contribution is 2.00. The Hall–Kier alpha value is -0.410. The lowest BCUT2D eigenvalue weighted by Crippen LogP contribution is -1.96. The van der Waals surface area contributed by atoms with E-state index in [-0.39, 0.29) is 0 Å². The number of halogens is 1. The molecule has 0 amide bonds. The van der Waals surface area contributed by atoms with Crippen LogP contribution < -0.4 is 5.73 Å². The average Bonchev–Trinajstić information content (AvgIpc) is 1.89. The molecule has 0 rings (SSSR count). The van der Waals surface area contributed by atoms with Gasteiger partial charge in [-0.15, -0.1) is 0 Å². The van der Waals surface area contributed by atoms with Crippen LogP contribution in [0.2, 0.25) is 0 Å². The first kappa shape index (κ1) is 8.59. The lowest BCUT2D eigenvalue weighted by molar-refractivity contribution is 1.24. The maximum atomic E-state index is 5.26. The molecule has 0 fully saturated rings. The second-order valence-corrected chi connectivity index (χ2v) is 2.36. The van der Waals surface area contributed by atoms with Crippen LogP contribution in [-0.2, 0) is 0 Å². The Labute approximate surface area is 63.3 Å². The molecule has 0 aromatic rings. The molecule has 0 aromatic carbocycles. The number of aliphatic imine (C=N–C) groups is 1. The fraction of sp³-hybridized carbons (Fsp3) is 0.167. The van der Waals surface area contributed by atoms with Crippen LogP contribution in [0, 0.1) is 0 Å². The smallest absolute Gasteiger partial charge is 0.0260 e. The van der Waals surface area contributed by atoms with Crippen LogP contribution in [-0.4, -0.2) is 13.3 Å². The molecule has 0 spiro atoms. The van der Waals surface area contributed by atoms with Crippen molar-refractivity contribution in [3.63, 3.8) is 0 Å².